The molecule has 8 nitrogen and oxygen atoms in total. The number of thioether (sulfide) groups is 1. The Kier molecular flexibility index (Phi) is 6.17. The lowest BCUT2D eigenvalue weighted by Gasteiger charge is -2.13. The number of carbonyl (C=O) groups is 1. The van der Waals surface area contributed by atoms with E-state index < -0.39 is 0 Å². The predicted octanol–water partition coefficient (Wildman–Crippen LogP) is 4.16. The Balaban J connectivity index is 1.67. The van der Waals surface area contributed by atoms with Crippen molar-refractivity contribution in [2.45, 2.75) is 5.16 Å². The van der Waals surface area contributed by atoms with Crippen LogP contribution in [-0.2, 0) is 4.79 Å². The van der Waals surface area contributed by atoms with E-state index in [1.54, 1.807) is 42.5 Å². The fraction of sp³-hybridized carbons (Fsp3) is 0.100. The molecular formula is C20H15Cl2N5O3S. The van der Waals surface area contributed by atoms with Gasteiger partial charge in [-0.15, -0.1) is 0 Å². The number of rotatable bonds is 6. The molecule has 4 aromatic rings. The Morgan fingerprint density at radius 2 is 2.03 bits per heavy atom. The molecule has 0 saturated carbocycles. The number of methoxy groups -OCH3 is 1. The molecule has 0 unspecified atom stereocenters. The Labute approximate surface area is 190 Å². The first-order valence-corrected chi connectivity index (χ1v) is 10.7. The van der Waals surface area contributed by atoms with Gasteiger partial charge in [0.15, 0.2) is 10.8 Å². The molecule has 0 saturated heterocycles. The van der Waals surface area contributed by atoms with Gasteiger partial charge in [0.05, 0.1) is 40.5 Å². The average molecular weight is 476 g/mol. The molecular weight excluding hydrogens is 461 g/mol. The summed E-state index contributed by atoms with van der Waals surface area (Å²) in [6.07, 6.45) is 1.41. The van der Waals surface area contributed by atoms with Gasteiger partial charge in [0.1, 0.15) is 11.1 Å². The number of hydrogen-bond acceptors (Lipinski definition) is 6. The molecule has 0 aliphatic rings. The molecule has 2 aromatic heterocycles. The minimum absolute atomic E-state index is 0.00118. The minimum atomic E-state index is -0.339. The van der Waals surface area contributed by atoms with Crippen LogP contribution in [-0.4, -0.2) is 38.5 Å². The van der Waals surface area contributed by atoms with Gasteiger partial charge in [0.25, 0.3) is 5.56 Å². The molecule has 31 heavy (non-hydrogen) atoms. The molecule has 0 bridgehead atoms. The van der Waals surface area contributed by atoms with Crippen LogP contribution in [0.15, 0.2) is 58.6 Å². The van der Waals surface area contributed by atoms with Gasteiger partial charge in [0, 0.05) is 0 Å². The van der Waals surface area contributed by atoms with Crippen LogP contribution in [0.5, 0.6) is 5.75 Å². The Bertz CT molecular complexity index is 1340. The summed E-state index contributed by atoms with van der Waals surface area (Å²) < 4.78 is 6.57. The molecule has 0 spiro atoms. The molecule has 2 aromatic carbocycles. The molecule has 0 aliphatic heterocycles. The number of H-pyrrole nitrogens is 1. The largest absolute Gasteiger partial charge is 0.495 e. The maximum Gasteiger partial charge on any atom is 0.269 e. The van der Waals surface area contributed by atoms with Crippen LogP contribution in [0.3, 0.4) is 0 Å². The third-order valence-corrected chi connectivity index (χ3v) is 5.89. The fourth-order valence-electron chi connectivity index (χ4n) is 2.87. The second-order valence-electron chi connectivity index (χ2n) is 6.30. The van der Waals surface area contributed by atoms with E-state index in [9.17, 15) is 9.59 Å². The zero-order valence-electron chi connectivity index (χ0n) is 16.1. The van der Waals surface area contributed by atoms with Crippen molar-refractivity contribution in [2.75, 3.05) is 18.2 Å². The lowest BCUT2D eigenvalue weighted by atomic mass is 10.3. The van der Waals surface area contributed by atoms with Gasteiger partial charge in [-0.3, -0.25) is 19.3 Å². The van der Waals surface area contributed by atoms with Crippen molar-refractivity contribution in [3.63, 3.8) is 0 Å². The van der Waals surface area contributed by atoms with Crippen LogP contribution in [0, 0.1) is 0 Å². The van der Waals surface area contributed by atoms with Crippen molar-refractivity contribution in [3.8, 4) is 11.4 Å². The number of nitrogens with zero attached hydrogens (tertiary/aromatic N) is 3. The molecule has 11 heteroatoms. The smallest absolute Gasteiger partial charge is 0.269 e. The molecule has 0 atom stereocenters. The van der Waals surface area contributed by atoms with Crippen molar-refractivity contribution in [1.29, 1.82) is 0 Å². The number of para-hydroxylation sites is 1. The number of benzene rings is 2. The molecule has 2 heterocycles. The first-order chi connectivity index (χ1) is 15.0. The highest BCUT2D eigenvalue weighted by Crippen LogP contribution is 2.28. The van der Waals surface area contributed by atoms with E-state index in [1.165, 1.54) is 17.9 Å². The molecule has 158 valence electrons. The summed E-state index contributed by atoms with van der Waals surface area (Å²) in [6.45, 7) is 0. The van der Waals surface area contributed by atoms with Gasteiger partial charge >= 0.3 is 0 Å². The van der Waals surface area contributed by atoms with E-state index in [-0.39, 0.29) is 17.2 Å². The van der Waals surface area contributed by atoms with E-state index in [4.69, 9.17) is 27.9 Å². The minimum Gasteiger partial charge on any atom is -0.495 e. The Morgan fingerprint density at radius 1 is 1.23 bits per heavy atom. The highest BCUT2D eigenvalue weighted by atomic mass is 35.5. The lowest BCUT2D eigenvalue weighted by molar-refractivity contribution is -0.113. The Morgan fingerprint density at radius 3 is 2.77 bits per heavy atom. The zero-order chi connectivity index (χ0) is 22.0. The van der Waals surface area contributed by atoms with Crippen LogP contribution in [0.4, 0.5) is 5.69 Å². The highest BCUT2D eigenvalue weighted by molar-refractivity contribution is 7.99. The standard InChI is InChI=1S/C20H15Cl2N5O3S/c1-30-16-7-6-11(8-14(16)22)27-19(29)12-9-23-26-18(12)25-20(27)31-10-17(28)24-15-5-3-2-4-13(15)21/h2-9H,10H2,1H3,(H,23,26)(H,24,28). The summed E-state index contributed by atoms with van der Waals surface area (Å²) in [4.78, 5) is 30.0. The van der Waals surface area contributed by atoms with Crippen LogP contribution >= 0.6 is 35.0 Å². The normalized spacial score (nSPS) is 10.9. The quantitative estimate of drug-likeness (QED) is 0.320. The number of halogens is 2. The summed E-state index contributed by atoms with van der Waals surface area (Å²) in [5.74, 6) is 0.182. The SMILES string of the molecule is COc1ccc(-n2c(SCC(=O)Nc3ccccc3Cl)nc3[nH]ncc3c2=O)cc1Cl. The topological polar surface area (TPSA) is 102 Å². The number of amides is 1. The maximum absolute atomic E-state index is 13.1. The van der Waals surface area contributed by atoms with Gasteiger partial charge in [-0.05, 0) is 30.3 Å². The molecule has 1 amide bonds. The Hall–Kier alpha value is -3.01. The van der Waals surface area contributed by atoms with Gasteiger partial charge in [-0.1, -0.05) is 47.1 Å². The second kappa shape index (κ2) is 9.01. The second-order valence-corrected chi connectivity index (χ2v) is 8.06. The lowest BCUT2D eigenvalue weighted by Crippen LogP contribution is -2.22. The van der Waals surface area contributed by atoms with Crippen LogP contribution < -0.4 is 15.6 Å². The zero-order valence-corrected chi connectivity index (χ0v) is 18.4. The predicted molar refractivity (Wildman–Crippen MR) is 122 cm³/mol. The molecule has 0 aliphatic carbocycles. The summed E-state index contributed by atoms with van der Waals surface area (Å²) >= 11 is 13.4. The van der Waals surface area contributed by atoms with Gasteiger partial charge in [-0.2, -0.15) is 5.10 Å². The van der Waals surface area contributed by atoms with Crippen molar-refractivity contribution in [3.05, 3.63) is 69.1 Å². The van der Waals surface area contributed by atoms with Gasteiger partial charge in [0.2, 0.25) is 5.91 Å². The number of hydrogen-bond donors (Lipinski definition) is 2. The average Bonchev–Trinajstić information content (AvgIpc) is 3.23. The van der Waals surface area contributed by atoms with E-state index in [2.05, 4.69) is 20.5 Å². The highest BCUT2D eigenvalue weighted by Gasteiger charge is 2.17. The fourth-order valence-corrected chi connectivity index (χ4v) is 4.11. The van der Waals surface area contributed by atoms with Gasteiger partial charge in [-0.25, -0.2) is 4.98 Å². The number of aromatic amines is 1. The molecule has 0 fully saturated rings. The number of carbonyl (C=O) groups excluding carboxylic acids is 1. The van der Waals surface area contributed by atoms with Gasteiger partial charge < -0.3 is 10.1 Å². The third kappa shape index (κ3) is 4.39. The molecule has 0 radical (unpaired) electrons. The number of aromatic nitrogens is 4. The first kappa shape index (κ1) is 21.2. The van der Waals surface area contributed by atoms with Crippen LogP contribution in [0.2, 0.25) is 10.0 Å². The number of anilines is 1. The van der Waals surface area contributed by atoms with E-state index in [0.717, 1.165) is 11.8 Å². The molecule has 2 N–H and O–H groups in total. The number of ether oxygens (including phenoxy) is 1. The monoisotopic (exact) mass is 475 g/mol. The van der Waals surface area contributed by atoms with Crippen molar-refractivity contribution in [1.82, 2.24) is 19.7 Å². The summed E-state index contributed by atoms with van der Waals surface area (Å²) in [6, 6.07) is 11.9. The number of fused-ring (bicyclic) bond motifs is 1. The van der Waals surface area contributed by atoms with Crippen molar-refractivity contribution in [2.24, 2.45) is 0 Å². The van der Waals surface area contributed by atoms with Crippen LogP contribution in [0.25, 0.3) is 16.7 Å². The van der Waals surface area contributed by atoms with E-state index in [1.807, 2.05) is 0 Å². The van der Waals surface area contributed by atoms with Crippen molar-refractivity contribution >= 4 is 57.6 Å². The van der Waals surface area contributed by atoms with Crippen LogP contribution in [0.1, 0.15) is 0 Å². The maximum atomic E-state index is 13.1. The summed E-state index contributed by atoms with van der Waals surface area (Å²) in [7, 11) is 1.50. The summed E-state index contributed by atoms with van der Waals surface area (Å²) in [5, 5.41) is 10.7. The third-order valence-electron chi connectivity index (χ3n) is 4.33. The van der Waals surface area contributed by atoms with E-state index in [0.29, 0.717) is 43.4 Å². The first-order valence-electron chi connectivity index (χ1n) is 8.95. The summed E-state index contributed by atoms with van der Waals surface area (Å²) in [5.41, 5.74) is 0.982. The van der Waals surface area contributed by atoms with E-state index >= 15 is 0 Å². The van der Waals surface area contributed by atoms with Crippen molar-refractivity contribution < 1.29 is 9.53 Å². The number of nitrogens with one attached hydrogen (secondary N) is 2. The molecule has 4 rings (SSSR count).